The lowest BCUT2D eigenvalue weighted by Gasteiger charge is -2.11. The van der Waals surface area contributed by atoms with Gasteiger partial charge in [-0.05, 0) is 52.1 Å². The third-order valence-electron chi connectivity index (χ3n) is 9.00. The van der Waals surface area contributed by atoms with Gasteiger partial charge < -0.3 is 0 Å². The van der Waals surface area contributed by atoms with Crippen molar-refractivity contribution in [3.05, 3.63) is 176 Å². The van der Waals surface area contributed by atoms with Gasteiger partial charge in [0.1, 0.15) is 0 Å². The fourth-order valence-electron chi connectivity index (χ4n) is 6.49. The summed E-state index contributed by atoms with van der Waals surface area (Å²) in [5.74, 6) is 0.716. The summed E-state index contributed by atoms with van der Waals surface area (Å²) in [6.07, 6.45) is 3.99. The van der Waals surface area contributed by atoms with Crippen LogP contribution >= 0.6 is 11.3 Å². The van der Waals surface area contributed by atoms with Crippen molar-refractivity contribution in [2.75, 3.05) is 0 Å². The molecule has 0 atom stereocenters. The van der Waals surface area contributed by atoms with Gasteiger partial charge in [-0.2, -0.15) is 0 Å². The highest BCUT2D eigenvalue weighted by Gasteiger charge is 2.13. The van der Waals surface area contributed by atoms with E-state index in [0.29, 0.717) is 5.82 Å². The number of hydrogen-bond acceptors (Lipinski definition) is 4. The summed E-state index contributed by atoms with van der Waals surface area (Å²) in [6, 6.07) is 57.4. The number of fused-ring (bicyclic) bond motifs is 3. The summed E-state index contributed by atoms with van der Waals surface area (Å²) >= 11 is 1.83. The van der Waals surface area contributed by atoms with Crippen LogP contribution in [-0.2, 0) is 0 Å². The molecule has 0 aliphatic carbocycles. The molecule has 6 aromatic carbocycles. The minimum Gasteiger partial charge on any atom is -0.263 e. The number of rotatable bonds is 6. The Morgan fingerprint density at radius 2 is 0.918 bits per heavy atom. The van der Waals surface area contributed by atoms with E-state index in [4.69, 9.17) is 9.97 Å². The highest BCUT2D eigenvalue weighted by molar-refractivity contribution is 7.26. The Labute approximate surface area is 288 Å². The van der Waals surface area contributed by atoms with Crippen molar-refractivity contribution in [1.82, 2.24) is 15.0 Å². The van der Waals surface area contributed by atoms with Crippen LogP contribution in [0.15, 0.2) is 176 Å². The van der Waals surface area contributed by atoms with Crippen LogP contribution in [-0.4, -0.2) is 15.0 Å². The summed E-state index contributed by atoms with van der Waals surface area (Å²) < 4.78 is 2.56. The van der Waals surface area contributed by atoms with Gasteiger partial charge in [-0.1, -0.05) is 140 Å². The molecule has 230 valence electrons. The second kappa shape index (κ2) is 12.4. The molecule has 0 saturated heterocycles. The monoisotopic (exact) mass is 643 g/mol. The largest absolute Gasteiger partial charge is 0.263 e. The Balaban J connectivity index is 1.05. The fraction of sp³-hybridized carbons (Fsp3) is 0. The third-order valence-corrected chi connectivity index (χ3v) is 10.2. The average molecular weight is 644 g/mol. The van der Waals surface area contributed by atoms with E-state index in [9.17, 15) is 0 Å². The van der Waals surface area contributed by atoms with Gasteiger partial charge in [-0.3, -0.25) is 4.98 Å². The zero-order valence-corrected chi connectivity index (χ0v) is 27.3. The predicted molar refractivity (Wildman–Crippen MR) is 205 cm³/mol. The first-order chi connectivity index (χ1) is 24.3. The van der Waals surface area contributed by atoms with Crippen LogP contribution in [0.3, 0.4) is 0 Å². The highest BCUT2D eigenvalue weighted by atomic mass is 32.1. The molecule has 0 aliphatic heterocycles. The molecule has 9 aromatic rings. The van der Waals surface area contributed by atoms with E-state index in [1.165, 1.54) is 42.4 Å². The van der Waals surface area contributed by atoms with Gasteiger partial charge in [-0.15, -0.1) is 11.3 Å². The van der Waals surface area contributed by atoms with Gasteiger partial charge in [0.05, 0.1) is 11.4 Å². The number of hydrogen-bond donors (Lipinski definition) is 0. The quantitative estimate of drug-likeness (QED) is 0.181. The van der Waals surface area contributed by atoms with Gasteiger partial charge in [0.2, 0.25) is 0 Å². The lowest BCUT2D eigenvalue weighted by atomic mass is 9.96. The van der Waals surface area contributed by atoms with E-state index in [2.05, 4.69) is 132 Å². The molecule has 3 nitrogen and oxygen atoms in total. The minimum atomic E-state index is 0.716. The van der Waals surface area contributed by atoms with Gasteiger partial charge in [0.25, 0.3) is 0 Å². The summed E-state index contributed by atoms with van der Waals surface area (Å²) in [5.41, 5.74) is 11.9. The SMILES string of the molecule is c1ccc(-c2cc(-c3cccc(-c4ccc(-c5cccc(-c6cncc7c6sc6ccccc67)c5)cc4)c3)nc(-c3ccccc3)n2)cc1. The Kier molecular flexibility index (Phi) is 7.34. The van der Waals surface area contributed by atoms with Crippen LogP contribution in [0.2, 0.25) is 0 Å². The lowest BCUT2D eigenvalue weighted by Crippen LogP contribution is -1.96. The van der Waals surface area contributed by atoms with Crippen molar-refractivity contribution in [3.63, 3.8) is 0 Å². The molecule has 0 amide bonds. The third kappa shape index (κ3) is 5.58. The van der Waals surface area contributed by atoms with E-state index < -0.39 is 0 Å². The van der Waals surface area contributed by atoms with E-state index >= 15 is 0 Å². The minimum absolute atomic E-state index is 0.716. The van der Waals surface area contributed by atoms with Crippen LogP contribution in [0.4, 0.5) is 0 Å². The second-order valence-corrected chi connectivity index (χ2v) is 13.1. The molecule has 0 saturated carbocycles. The smallest absolute Gasteiger partial charge is 0.160 e. The fourth-order valence-corrected chi connectivity index (χ4v) is 7.70. The zero-order valence-electron chi connectivity index (χ0n) is 26.5. The first kappa shape index (κ1) is 29.0. The number of pyridine rings is 1. The molecule has 0 spiro atoms. The molecule has 3 heterocycles. The van der Waals surface area contributed by atoms with Crippen LogP contribution in [0.1, 0.15) is 0 Å². The summed E-state index contributed by atoms with van der Waals surface area (Å²) in [6.45, 7) is 0. The molecular weight excluding hydrogens is 615 g/mol. The van der Waals surface area contributed by atoms with Gasteiger partial charge >= 0.3 is 0 Å². The van der Waals surface area contributed by atoms with E-state index in [1.807, 2.05) is 60.1 Å². The number of nitrogens with zero attached hydrogens (tertiary/aromatic N) is 3. The Morgan fingerprint density at radius 1 is 0.367 bits per heavy atom. The van der Waals surface area contributed by atoms with Gasteiger partial charge in [0.15, 0.2) is 5.82 Å². The van der Waals surface area contributed by atoms with E-state index in [-0.39, 0.29) is 0 Å². The van der Waals surface area contributed by atoms with Crippen molar-refractivity contribution in [3.8, 4) is 67.3 Å². The average Bonchev–Trinajstić information content (AvgIpc) is 3.58. The van der Waals surface area contributed by atoms with Crippen LogP contribution in [0, 0.1) is 0 Å². The first-order valence-electron chi connectivity index (χ1n) is 16.3. The number of thiophene rings is 1. The molecule has 0 fully saturated rings. The van der Waals surface area contributed by atoms with Crippen molar-refractivity contribution < 1.29 is 0 Å². The van der Waals surface area contributed by atoms with Crippen molar-refractivity contribution in [2.24, 2.45) is 0 Å². The van der Waals surface area contributed by atoms with Crippen molar-refractivity contribution in [2.45, 2.75) is 0 Å². The standard InChI is InChI=1S/C45H29N3S/c1-3-11-32(12-4-1)41-27-42(48-45(47-41)33-13-5-2-6-14-33)37-18-10-16-35(26-37)31-23-21-30(22-24-31)34-15-9-17-36(25-34)39-28-46-29-40-38-19-7-8-20-43(38)49-44(39)40/h1-29H. The molecule has 0 N–H and O–H groups in total. The maximum atomic E-state index is 5.04. The number of aromatic nitrogens is 3. The van der Waals surface area contributed by atoms with Crippen molar-refractivity contribution in [1.29, 1.82) is 0 Å². The summed E-state index contributed by atoms with van der Waals surface area (Å²) in [7, 11) is 0. The normalized spacial score (nSPS) is 11.3. The molecule has 0 aliphatic rings. The second-order valence-electron chi connectivity index (χ2n) is 12.1. The molecule has 0 radical (unpaired) electrons. The Morgan fingerprint density at radius 3 is 1.63 bits per heavy atom. The summed E-state index contributed by atoms with van der Waals surface area (Å²) in [5, 5.41) is 2.48. The topological polar surface area (TPSA) is 38.7 Å². The van der Waals surface area contributed by atoms with Crippen molar-refractivity contribution >= 4 is 31.5 Å². The van der Waals surface area contributed by atoms with Crippen LogP contribution in [0.5, 0.6) is 0 Å². The molecule has 0 unspecified atom stereocenters. The maximum Gasteiger partial charge on any atom is 0.160 e. The highest BCUT2D eigenvalue weighted by Crippen LogP contribution is 2.40. The maximum absolute atomic E-state index is 5.04. The van der Waals surface area contributed by atoms with E-state index in [0.717, 1.165) is 39.2 Å². The zero-order chi connectivity index (χ0) is 32.6. The summed E-state index contributed by atoms with van der Waals surface area (Å²) in [4.78, 5) is 14.6. The molecular formula is C45H29N3S. The Bertz CT molecular complexity index is 2530. The first-order valence-corrected chi connectivity index (χ1v) is 17.2. The lowest BCUT2D eigenvalue weighted by molar-refractivity contribution is 1.18. The molecule has 3 aromatic heterocycles. The Hall–Kier alpha value is -6.23. The number of benzene rings is 6. The van der Waals surface area contributed by atoms with E-state index in [1.54, 1.807) is 0 Å². The molecule has 4 heteroatoms. The molecule has 49 heavy (non-hydrogen) atoms. The van der Waals surface area contributed by atoms with Gasteiger partial charge in [0, 0.05) is 54.8 Å². The molecule has 0 bridgehead atoms. The van der Waals surface area contributed by atoms with Crippen LogP contribution in [0.25, 0.3) is 87.5 Å². The molecule has 9 rings (SSSR count). The van der Waals surface area contributed by atoms with Crippen LogP contribution < -0.4 is 0 Å². The predicted octanol–water partition coefficient (Wildman–Crippen LogP) is 12.2. The van der Waals surface area contributed by atoms with Gasteiger partial charge in [-0.25, -0.2) is 9.97 Å².